The first kappa shape index (κ1) is 13.8. The molecule has 1 aromatic carbocycles. The molecule has 2 saturated carbocycles. The first-order valence-corrected chi connectivity index (χ1v) is 9.73. The smallest absolute Gasteiger partial charge is 0.179 e. The molecule has 1 N–H and O–H groups in total. The van der Waals surface area contributed by atoms with Crippen LogP contribution in [0.3, 0.4) is 0 Å². The van der Waals surface area contributed by atoms with Gasteiger partial charge in [-0.05, 0) is 54.7 Å². The van der Waals surface area contributed by atoms with Crippen molar-refractivity contribution in [3.8, 4) is 0 Å². The Morgan fingerprint density at radius 2 is 1.95 bits per heavy atom. The van der Waals surface area contributed by atoms with Crippen LogP contribution in [0.15, 0.2) is 29.2 Å². The number of benzene rings is 1. The molecule has 1 aliphatic heterocycles. The summed E-state index contributed by atoms with van der Waals surface area (Å²) in [6, 6.07) is 7.68. The summed E-state index contributed by atoms with van der Waals surface area (Å²) < 4.78 is 25.0. The molecular formula is C17H23NO2S. The van der Waals surface area contributed by atoms with Gasteiger partial charge in [0.05, 0.1) is 10.6 Å². The number of hydrogen-bond acceptors (Lipinski definition) is 3. The average molecular weight is 305 g/mol. The highest BCUT2D eigenvalue weighted by Crippen LogP contribution is 2.65. The van der Waals surface area contributed by atoms with Crippen molar-refractivity contribution >= 4 is 9.84 Å². The fourth-order valence-corrected chi connectivity index (χ4v) is 6.83. The normalized spacial score (nSPS) is 39.0. The molecule has 0 bridgehead atoms. The van der Waals surface area contributed by atoms with Crippen LogP contribution in [0, 0.1) is 17.3 Å². The molecule has 0 spiro atoms. The monoisotopic (exact) mass is 305 g/mol. The van der Waals surface area contributed by atoms with Crippen molar-refractivity contribution in [2.45, 2.75) is 37.0 Å². The van der Waals surface area contributed by atoms with Gasteiger partial charge < -0.3 is 5.32 Å². The van der Waals surface area contributed by atoms with E-state index in [0.29, 0.717) is 10.6 Å². The quantitative estimate of drug-likeness (QED) is 0.930. The summed E-state index contributed by atoms with van der Waals surface area (Å²) in [4.78, 5) is 0.589. The first-order valence-electron chi connectivity index (χ1n) is 8.08. The summed E-state index contributed by atoms with van der Waals surface area (Å²) in [5.74, 6) is 2.22. The summed E-state index contributed by atoms with van der Waals surface area (Å²) >= 11 is 0. The fraction of sp³-hybridized carbons (Fsp3) is 0.647. The lowest BCUT2D eigenvalue weighted by atomic mass is 9.69. The topological polar surface area (TPSA) is 46.2 Å². The van der Waals surface area contributed by atoms with Crippen molar-refractivity contribution in [3.05, 3.63) is 29.8 Å². The van der Waals surface area contributed by atoms with Crippen LogP contribution < -0.4 is 5.32 Å². The van der Waals surface area contributed by atoms with Crippen molar-refractivity contribution < 1.29 is 8.42 Å². The van der Waals surface area contributed by atoms with Crippen molar-refractivity contribution in [2.75, 3.05) is 18.8 Å². The Balaban J connectivity index is 1.74. The molecule has 3 aliphatic rings. The van der Waals surface area contributed by atoms with Crippen molar-refractivity contribution in [2.24, 2.45) is 17.3 Å². The van der Waals surface area contributed by atoms with E-state index in [1.54, 1.807) is 6.07 Å². The summed E-state index contributed by atoms with van der Waals surface area (Å²) in [7, 11) is -3.09. The maximum Gasteiger partial charge on any atom is 0.179 e. The fourth-order valence-electron chi connectivity index (χ4n) is 4.82. The zero-order valence-corrected chi connectivity index (χ0v) is 13.3. The lowest BCUT2D eigenvalue weighted by molar-refractivity contribution is 0.209. The third-order valence-corrected chi connectivity index (χ3v) is 7.70. The predicted molar refractivity (Wildman–Crippen MR) is 83.0 cm³/mol. The molecule has 1 aromatic rings. The molecule has 3 atom stereocenters. The van der Waals surface area contributed by atoms with Gasteiger partial charge in [0.15, 0.2) is 9.84 Å². The third kappa shape index (κ3) is 2.07. The van der Waals surface area contributed by atoms with E-state index in [2.05, 4.69) is 12.2 Å². The molecule has 0 amide bonds. The molecule has 2 aliphatic carbocycles. The Hall–Kier alpha value is -0.870. The molecule has 4 rings (SSSR count). The van der Waals surface area contributed by atoms with Crippen LogP contribution in [0.2, 0.25) is 0 Å². The molecule has 114 valence electrons. The second kappa shape index (κ2) is 4.56. The summed E-state index contributed by atoms with van der Waals surface area (Å²) in [6.07, 6.45) is 3.79. The van der Waals surface area contributed by atoms with Crippen LogP contribution in [-0.4, -0.2) is 27.3 Å². The Labute approximate surface area is 127 Å². The predicted octanol–water partition coefficient (Wildman–Crippen LogP) is 2.58. The summed E-state index contributed by atoms with van der Waals surface area (Å²) in [6.45, 7) is 4.05. The van der Waals surface area contributed by atoms with Gasteiger partial charge in [-0.2, -0.15) is 0 Å². The zero-order valence-electron chi connectivity index (χ0n) is 12.5. The van der Waals surface area contributed by atoms with E-state index in [4.69, 9.17) is 0 Å². The molecule has 1 heterocycles. The average Bonchev–Trinajstić information content (AvgIpc) is 2.98. The second-order valence-electron chi connectivity index (χ2n) is 7.18. The molecule has 21 heavy (non-hydrogen) atoms. The SMILES string of the molecule is CCNCC1(C2CS(=O)(=O)c3ccccc32)CC2CC2C1. The van der Waals surface area contributed by atoms with Gasteiger partial charge in [0.2, 0.25) is 0 Å². The van der Waals surface area contributed by atoms with Crippen LogP contribution in [-0.2, 0) is 9.84 Å². The number of hydrogen-bond donors (Lipinski definition) is 1. The van der Waals surface area contributed by atoms with E-state index in [9.17, 15) is 8.42 Å². The molecule has 2 fully saturated rings. The van der Waals surface area contributed by atoms with Gasteiger partial charge in [0, 0.05) is 12.5 Å². The molecule has 0 aromatic heterocycles. The van der Waals surface area contributed by atoms with E-state index in [1.807, 2.05) is 18.2 Å². The first-order chi connectivity index (χ1) is 10.1. The van der Waals surface area contributed by atoms with Crippen LogP contribution in [0.25, 0.3) is 0 Å². The van der Waals surface area contributed by atoms with Crippen molar-refractivity contribution in [1.29, 1.82) is 0 Å². The van der Waals surface area contributed by atoms with Gasteiger partial charge >= 0.3 is 0 Å². The Morgan fingerprint density at radius 1 is 1.24 bits per heavy atom. The maximum atomic E-state index is 12.5. The van der Waals surface area contributed by atoms with E-state index >= 15 is 0 Å². The summed E-state index contributed by atoms with van der Waals surface area (Å²) in [5.41, 5.74) is 1.24. The number of rotatable bonds is 4. The Bertz CT molecular complexity index is 657. The highest BCUT2D eigenvalue weighted by atomic mass is 32.2. The molecular weight excluding hydrogens is 282 g/mol. The van der Waals surface area contributed by atoms with Crippen LogP contribution >= 0.6 is 0 Å². The van der Waals surface area contributed by atoms with Crippen LogP contribution in [0.5, 0.6) is 0 Å². The van der Waals surface area contributed by atoms with E-state index < -0.39 is 9.84 Å². The van der Waals surface area contributed by atoms with Gasteiger partial charge in [-0.1, -0.05) is 25.1 Å². The second-order valence-corrected chi connectivity index (χ2v) is 9.18. The van der Waals surface area contributed by atoms with Crippen molar-refractivity contribution in [3.63, 3.8) is 0 Å². The molecule has 4 heteroatoms. The lowest BCUT2D eigenvalue weighted by Gasteiger charge is -2.37. The van der Waals surface area contributed by atoms with Gasteiger partial charge in [-0.3, -0.25) is 0 Å². The van der Waals surface area contributed by atoms with Gasteiger partial charge in [0.25, 0.3) is 0 Å². The van der Waals surface area contributed by atoms with Gasteiger partial charge in [-0.25, -0.2) is 8.42 Å². The lowest BCUT2D eigenvalue weighted by Crippen LogP contribution is -2.39. The largest absolute Gasteiger partial charge is 0.316 e. The summed E-state index contributed by atoms with van der Waals surface area (Å²) in [5, 5.41) is 3.51. The Kier molecular flexibility index (Phi) is 2.99. The molecule has 0 saturated heterocycles. The number of nitrogens with one attached hydrogen (secondary N) is 1. The highest BCUT2D eigenvalue weighted by molar-refractivity contribution is 7.91. The highest BCUT2D eigenvalue weighted by Gasteiger charge is 2.58. The number of sulfone groups is 1. The molecule has 3 unspecified atom stereocenters. The zero-order chi connectivity index (χ0) is 14.7. The minimum Gasteiger partial charge on any atom is -0.316 e. The maximum absolute atomic E-state index is 12.5. The van der Waals surface area contributed by atoms with Gasteiger partial charge in [-0.15, -0.1) is 0 Å². The number of fused-ring (bicyclic) bond motifs is 2. The molecule has 0 radical (unpaired) electrons. The van der Waals surface area contributed by atoms with Crippen molar-refractivity contribution in [1.82, 2.24) is 5.32 Å². The van der Waals surface area contributed by atoms with Crippen LogP contribution in [0.1, 0.15) is 37.7 Å². The Morgan fingerprint density at radius 3 is 2.67 bits per heavy atom. The van der Waals surface area contributed by atoms with E-state index in [1.165, 1.54) is 19.3 Å². The minimum absolute atomic E-state index is 0.156. The van der Waals surface area contributed by atoms with Gasteiger partial charge in [0.1, 0.15) is 0 Å². The standard InChI is InChI=1S/C17H23NO2S/c1-2-18-11-17(8-12-7-13(12)9-17)15-10-21(19,20)16-6-4-3-5-14(15)16/h3-6,12-13,15,18H,2,7-11H2,1H3. The molecule has 3 nitrogen and oxygen atoms in total. The van der Waals surface area contributed by atoms with E-state index in [-0.39, 0.29) is 11.3 Å². The van der Waals surface area contributed by atoms with E-state index in [0.717, 1.165) is 30.5 Å². The third-order valence-electron chi connectivity index (χ3n) is 5.89. The van der Waals surface area contributed by atoms with Crippen LogP contribution in [0.4, 0.5) is 0 Å². The minimum atomic E-state index is -3.09.